The average Bonchev–Trinajstić information content (AvgIpc) is 2.72. The molecule has 0 fully saturated rings. The SMILES string of the molecule is CCCCCCCCCCCCCOCCOCCOCCOC(CO)CO. The molecule has 0 heterocycles. The second-order valence-corrected chi connectivity index (χ2v) is 7.23. The van der Waals surface area contributed by atoms with Gasteiger partial charge in [0.05, 0.1) is 52.9 Å². The van der Waals surface area contributed by atoms with Gasteiger partial charge in [0.25, 0.3) is 0 Å². The molecular formula is C22H46O6. The number of aliphatic hydroxyl groups excluding tert-OH is 2. The molecule has 28 heavy (non-hydrogen) atoms. The van der Waals surface area contributed by atoms with Crippen LogP contribution in [-0.4, -0.2) is 75.8 Å². The molecule has 0 aromatic carbocycles. The van der Waals surface area contributed by atoms with Gasteiger partial charge in [0.2, 0.25) is 0 Å². The van der Waals surface area contributed by atoms with E-state index in [0.717, 1.165) is 13.0 Å². The van der Waals surface area contributed by atoms with Gasteiger partial charge in [-0.25, -0.2) is 0 Å². The third-order valence-corrected chi connectivity index (χ3v) is 4.62. The molecule has 0 rings (SSSR count). The van der Waals surface area contributed by atoms with Crippen molar-refractivity contribution in [2.75, 3.05) is 59.5 Å². The summed E-state index contributed by atoms with van der Waals surface area (Å²) in [6, 6.07) is 0. The molecule has 2 N–H and O–H groups in total. The van der Waals surface area contributed by atoms with Crippen LogP contribution in [0.15, 0.2) is 0 Å². The van der Waals surface area contributed by atoms with Gasteiger partial charge >= 0.3 is 0 Å². The maximum absolute atomic E-state index is 8.83. The lowest BCUT2D eigenvalue weighted by molar-refractivity contribution is -0.0495. The van der Waals surface area contributed by atoms with Crippen molar-refractivity contribution in [1.29, 1.82) is 0 Å². The van der Waals surface area contributed by atoms with Crippen molar-refractivity contribution in [3.63, 3.8) is 0 Å². The molecular weight excluding hydrogens is 360 g/mol. The predicted molar refractivity (Wildman–Crippen MR) is 113 cm³/mol. The van der Waals surface area contributed by atoms with Crippen LogP contribution < -0.4 is 0 Å². The molecule has 0 atom stereocenters. The van der Waals surface area contributed by atoms with Crippen molar-refractivity contribution < 1.29 is 29.2 Å². The lowest BCUT2D eigenvalue weighted by Gasteiger charge is -2.12. The van der Waals surface area contributed by atoms with Gasteiger partial charge in [0, 0.05) is 6.61 Å². The Hall–Kier alpha value is -0.240. The molecule has 0 saturated carbocycles. The molecule has 6 heteroatoms. The Labute approximate surface area is 172 Å². The molecule has 0 unspecified atom stereocenters. The van der Waals surface area contributed by atoms with Gasteiger partial charge in [0.1, 0.15) is 6.10 Å². The van der Waals surface area contributed by atoms with E-state index in [-0.39, 0.29) is 13.2 Å². The smallest absolute Gasteiger partial charge is 0.104 e. The van der Waals surface area contributed by atoms with Crippen LogP contribution in [0, 0.1) is 0 Å². The number of hydrogen-bond acceptors (Lipinski definition) is 6. The third kappa shape index (κ3) is 22.1. The highest BCUT2D eigenvalue weighted by Gasteiger charge is 2.04. The predicted octanol–water partition coefficient (Wildman–Crippen LogP) is 3.72. The summed E-state index contributed by atoms with van der Waals surface area (Å²) in [7, 11) is 0. The number of ether oxygens (including phenoxy) is 4. The van der Waals surface area contributed by atoms with E-state index in [1.165, 1.54) is 64.2 Å². The molecule has 0 aromatic rings. The van der Waals surface area contributed by atoms with E-state index in [4.69, 9.17) is 29.2 Å². The van der Waals surface area contributed by atoms with E-state index >= 15 is 0 Å². The maximum Gasteiger partial charge on any atom is 0.104 e. The van der Waals surface area contributed by atoms with Gasteiger partial charge < -0.3 is 29.2 Å². The first-order chi connectivity index (χ1) is 13.8. The van der Waals surface area contributed by atoms with E-state index in [9.17, 15) is 0 Å². The summed E-state index contributed by atoms with van der Waals surface area (Å²) in [5.41, 5.74) is 0. The van der Waals surface area contributed by atoms with Gasteiger partial charge in [-0.05, 0) is 6.42 Å². The molecule has 0 aliphatic heterocycles. The van der Waals surface area contributed by atoms with Crippen molar-refractivity contribution >= 4 is 0 Å². The number of hydrogen-bond donors (Lipinski definition) is 2. The average molecular weight is 407 g/mol. The van der Waals surface area contributed by atoms with Crippen molar-refractivity contribution in [2.45, 2.75) is 83.7 Å². The van der Waals surface area contributed by atoms with Crippen LogP contribution in [0.1, 0.15) is 77.6 Å². The molecule has 170 valence electrons. The summed E-state index contributed by atoms with van der Waals surface area (Å²) >= 11 is 0. The molecule has 0 saturated heterocycles. The van der Waals surface area contributed by atoms with E-state index in [1.807, 2.05) is 0 Å². The Bertz CT molecular complexity index is 274. The van der Waals surface area contributed by atoms with Crippen molar-refractivity contribution in [2.24, 2.45) is 0 Å². The normalized spacial score (nSPS) is 11.6. The third-order valence-electron chi connectivity index (χ3n) is 4.62. The van der Waals surface area contributed by atoms with E-state index < -0.39 is 6.10 Å². The van der Waals surface area contributed by atoms with Crippen molar-refractivity contribution in [3.05, 3.63) is 0 Å². The molecule has 0 spiro atoms. The van der Waals surface area contributed by atoms with Crippen LogP contribution in [0.3, 0.4) is 0 Å². The fraction of sp³-hybridized carbons (Fsp3) is 1.00. The second kappa shape index (κ2) is 24.8. The largest absolute Gasteiger partial charge is 0.394 e. The quantitative estimate of drug-likeness (QED) is 0.238. The first-order valence-electron chi connectivity index (χ1n) is 11.4. The van der Waals surface area contributed by atoms with Crippen LogP contribution in [0.4, 0.5) is 0 Å². The Balaban J connectivity index is 3.03. The molecule has 0 bridgehead atoms. The van der Waals surface area contributed by atoms with Gasteiger partial charge in [-0.3, -0.25) is 0 Å². The molecule has 0 aromatic heterocycles. The highest BCUT2D eigenvalue weighted by atomic mass is 16.6. The Morgan fingerprint density at radius 1 is 0.500 bits per heavy atom. The van der Waals surface area contributed by atoms with Crippen molar-refractivity contribution in [1.82, 2.24) is 0 Å². The first kappa shape index (κ1) is 27.8. The minimum atomic E-state index is -0.516. The Kier molecular flexibility index (Phi) is 24.6. The van der Waals surface area contributed by atoms with Gasteiger partial charge in [-0.1, -0.05) is 71.1 Å². The van der Waals surface area contributed by atoms with E-state index in [1.54, 1.807) is 0 Å². The number of rotatable bonds is 24. The van der Waals surface area contributed by atoms with Crippen molar-refractivity contribution in [3.8, 4) is 0 Å². The minimum Gasteiger partial charge on any atom is -0.394 e. The standard InChI is InChI=1S/C22H46O6/c1-2-3-4-5-6-7-8-9-10-11-12-13-25-14-15-26-16-17-27-18-19-28-22(20-23)21-24/h22-24H,2-21H2,1H3. The number of aliphatic hydroxyl groups is 2. The summed E-state index contributed by atoms with van der Waals surface area (Å²) in [5, 5.41) is 17.7. The minimum absolute atomic E-state index is 0.182. The van der Waals surface area contributed by atoms with Gasteiger partial charge in [-0.2, -0.15) is 0 Å². The van der Waals surface area contributed by atoms with Crippen LogP contribution in [-0.2, 0) is 18.9 Å². The van der Waals surface area contributed by atoms with Crippen LogP contribution in [0.5, 0.6) is 0 Å². The monoisotopic (exact) mass is 406 g/mol. The summed E-state index contributed by atoms with van der Waals surface area (Å²) in [4.78, 5) is 0. The summed E-state index contributed by atoms with van der Waals surface area (Å²) in [5.74, 6) is 0. The zero-order chi connectivity index (χ0) is 20.5. The molecule has 0 amide bonds. The fourth-order valence-electron chi connectivity index (χ4n) is 2.85. The lowest BCUT2D eigenvalue weighted by Crippen LogP contribution is -2.24. The Morgan fingerprint density at radius 2 is 0.893 bits per heavy atom. The molecule has 0 aliphatic rings. The summed E-state index contributed by atoms with van der Waals surface area (Å²) in [6.07, 6.45) is 14.3. The van der Waals surface area contributed by atoms with E-state index in [2.05, 4.69) is 6.92 Å². The fourth-order valence-corrected chi connectivity index (χ4v) is 2.85. The molecule has 0 aliphatic carbocycles. The molecule has 0 radical (unpaired) electrons. The first-order valence-corrected chi connectivity index (χ1v) is 11.4. The maximum atomic E-state index is 8.83. The van der Waals surface area contributed by atoms with E-state index in [0.29, 0.717) is 39.6 Å². The van der Waals surface area contributed by atoms with Gasteiger partial charge in [0.15, 0.2) is 0 Å². The number of unbranched alkanes of at least 4 members (excludes halogenated alkanes) is 10. The molecule has 6 nitrogen and oxygen atoms in total. The lowest BCUT2D eigenvalue weighted by atomic mass is 10.1. The van der Waals surface area contributed by atoms with Crippen LogP contribution in [0.2, 0.25) is 0 Å². The highest BCUT2D eigenvalue weighted by Crippen LogP contribution is 2.11. The summed E-state index contributed by atoms with van der Waals surface area (Å²) in [6.45, 7) is 5.77. The zero-order valence-corrected chi connectivity index (χ0v) is 18.2. The topological polar surface area (TPSA) is 77.4 Å². The van der Waals surface area contributed by atoms with Crippen LogP contribution >= 0.6 is 0 Å². The second-order valence-electron chi connectivity index (χ2n) is 7.23. The van der Waals surface area contributed by atoms with Gasteiger partial charge in [-0.15, -0.1) is 0 Å². The Morgan fingerprint density at radius 3 is 1.36 bits per heavy atom. The summed E-state index contributed by atoms with van der Waals surface area (Å²) < 4.78 is 21.6. The highest BCUT2D eigenvalue weighted by molar-refractivity contribution is 4.51. The van der Waals surface area contributed by atoms with Crippen LogP contribution in [0.25, 0.3) is 0 Å². The zero-order valence-electron chi connectivity index (χ0n) is 18.2.